The molecule has 0 unspecified atom stereocenters. The lowest BCUT2D eigenvalue weighted by molar-refractivity contribution is -0.175. The van der Waals surface area contributed by atoms with Crippen LogP contribution in [0.3, 0.4) is 0 Å². The van der Waals surface area contributed by atoms with E-state index in [0.717, 1.165) is 24.0 Å². The lowest BCUT2D eigenvalue weighted by Crippen LogP contribution is -2.40. The number of aliphatic carboxylic acids is 2. The van der Waals surface area contributed by atoms with Gasteiger partial charge in [-0.05, 0) is 63.2 Å². The van der Waals surface area contributed by atoms with Gasteiger partial charge in [0.2, 0.25) is 0 Å². The van der Waals surface area contributed by atoms with Crippen molar-refractivity contribution in [2.75, 3.05) is 0 Å². The van der Waals surface area contributed by atoms with E-state index < -0.39 is 47.5 Å². The van der Waals surface area contributed by atoms with Gasteiger partial charge >= 0.3 is 23.9 Å². The summed E-state index contributed by atoms with van der Waals surface area (Å²) >= 11 is 0. The molecule has 7 heteroatoms. The molecule has 0 aromatic heterocycles. The first-order chi connectivity index (χ1) is 13.8. The van der Waals surface area contributed by atoms with Gasteiger partial charge in [-0.2, -0.15) is 0 Å². The second-order valence-corrected chi connectivity index (χ2v) is 8.88. The second kappa shape index (κ2) is 7.76. The summed E-state index contributed by atoms with van der Waals surface area (Å²) in [6, 6.07) is 0. The number of hydrogen-bond donors (Lipinski definition) is 2. The van der Waals surface area contributed by atoms with Crippen LogP contribution in [-0.4, -0.2) is 34.1 Å². The highest BCUT2D eigenvalue weighted by molar-refractivity contribution is 5.92. The van der Waals surface area contributed by atoms with Crippen molar-refractivity contribution in [3.63, 3.8) is 0 Å². The third kappa shape index (κ3) is 3.74. The number of ether oxygens (including phenoxy) is 1. The van der Waals surface area contributed by atoms with Gasteiger partial charge in [0.25, 0.3) is 0 Å². The Bertz CT molecular complexity index is 742. The fourth-order valence-electron chi connectivity index (χ4n) is 5.75. The number of allylic oxidation sites excluding steroid dienone is 4. The summed E-state index contributed by atoms with van der Waals surface area (Å²) in [5.41, 5.74) is 2.10. The van der Waals surface area contributed by atoms with E-state index in [0.29, 0.717) is 38.5 Å². The van der Waals surface area contributed by atoms with E-state index >= 15 is 0 Å². The smallest absolute Gasteiger partial charge is 0.317 e. The molecule has 6 atom stereocenters. The van der Waals surface area contributed by atoms with Crippen LogP contribution in [0.15, 0.2) is 23.3 Å². The molecule has 2 fully saturated rings. The molecule has 0 aliphatic heterocycles. The van der Waals surface area contributed by atoms with Gasteiger partial charge in [-0.15, -0.1) is 0 Å². The number of carbonyl (C=O) groups is 4. The Kier molecular flexibility index (Phi) is 5.32. The number of carbonyl (C=O) groups excluding carboxylic acids is 2. The molecular formula is C22H26O7. The van der Waals surface area contributed by atoms with Crippen molar-refractivity contribution in [2.24, 2.45) is 35.5 Å². The number of esters is 2. The molecule has 0 aromatic rings. The van der Waals surface area contributed by atoms with E-state index in [2.05, 4.69) is 0 Å². The third-order valence-electron chi connectivity index (χ3n) is 7.32. The first-order valence-electron chi connectivity index (χ1n) is 10.4. The van der Waals surface area contributed by atoms with E-state index in [9.17, 15) is 29.4 Å². The van der Waals surface area contributed by atoms with Crippen LogP contribution in [0.1, 0.15) is 51.4 Å². The minimum atomic E-state index is -1.05. The molecule has 2 saturated carbocycles. The van der Waals surface area contributed by atoms with E-state index in [4.69, 9.17) is 4.74 Å². The van der Waals surface area contributed by atoms with Crippen molar-refractivity contribution >= 4 is 23.9 Å². The van der Waals surface area contributed by atoms with Gasteiger partial charge in [0.05, 0.1) is 23.7 Å². The SMILES string of the molecule is O=C(OC(=O)[C@H]1[C@@H]2CC=C(CC2)C[C@@H]1C(=O)O)[C@@H]1[C@@H]2CC=C(CC2)C[C@H]1C(=O)O. The van der Waals surface area contributed by atoms with Crippen LogP contribution in [0.4, 0.5) is 0 Å². The summed E-state index contributed by atoms with van der Waals surface area (Å²) in [5, 5.41) is 19.3. The monoisotopic (exact) mass is 402 g/mol. The first kappa shape index (κ1) is 19.9. The Morgan fingerprint density at radius 1 is 0.759 bits per heavy atom. The summed E-state index contributed by atoms with van der Waals surface area (Å²) in [6.07, 6.45) is 8.82. The Hall–Kier alpha value is -2.44. The van der Waals surface area contributed by atoms with Gasteiger partial charge < -0.3 is 14.9 Å². The number of carboxylic acids is 2. The van der Waals surface area contributed by atoms with Crippen molar-refractivity contribution < 1.29 is 34.1 Å². The van der Waals surface area contributed by atoms with Crippen LogP contribution in [0, 0.1) is 35.5 Å². The minimum Gasteiger partial charge on any atom is -0.481 e. The van der Waals surface area contributed by atoms with E-state index in [1.807, 2.05) is 12.2 Å². The molecule has 0 aromatic carbocycles. The zero-order valence-electron chi connectivity index (χ0n) is 16.2. The molecule has 29 heavy (non-hydrogen) atoms. The highest BCUT2D eigenvalue weighted by atomic mass is 16.6. The van der Waals surface area contributed by atoms with E-state index in [1.165, 1.54) is 0 Å². The van der Waals surface area contributed by atoms with Gasteiger partial charge in [-0.25, -0.2) is 0 Å². The predicted octanol–water partition coefficient (Wildman–Crippen LogP) is 2.95. The summed E-state index contributed by atoms with van der Waals surface area (Å²) in [5.74, 6) is -7.59. The quantitative estimate of drug-likeness (QED) is 0.422. The Morgan fingerprint density at radius 2 is 1.17 bits per heavy atom. The number of carboxylic acid groups (broad SMARTS) is 2. The minimum absolute atomic E-state index is 0.160. The van der Waals surface area contributed by atoms with Gasteiger partial charge in [0.1, 0.15) is 0 Å². The van der Waals surface area contributed by atoms with Crippen molar-refractivity contribution in [1.82, 2.24) is 0 Å². The van der Waals surface area contributed by atoms with Crippen molar-refractivity contribution in [1.29, 1.82) is 0 Å². The van der Waals surface area contributed by atoms with Crippen LogP contribution < -0.4 is 0 Å². The molecule has 0 heterocycles. The van der Waals surface area contributed by atoms with E-state index in [1.54, 1.807) is 0 Å². The Balaban J connectivity index is 1.54. The van der Waals surface area contributed by atoms with Crippen molar-refractivity contribution in [3.05, 3.63) is 23.3 Å². The van der Waals surface area contributed by atoms with E-state index in [-0.39, 0.29) is 11.8 Å². The molecular weight excluding hydrogens is 376 g/mol. The Labute approximate surface area is 168 Å². The number of fused-ring (bicyclic) bond motifs is 8. The van der Waals surface area contributed by atoms with Gasteiger partial charge in [-0.3, -0.25) is 19.2 Å². The van der Waals surface area contributed by atoms with Crippen LogP contribution in [0.2, 0.25) is 0 Å². The third-order valence-corrected chi connectivity index (χ3v) is 7.32. The van der Waals surface area contributed by atoms with Gasteiger partial charge in [0, 0.05) is 0 Å². The topological polar surface area (TPSA) is 118 Å². The average molecular weight is 402 g/mol. The summed E-state index contributed by atoms with van der Waals surface area (Å²) in [4.78, 5) is 49.6. The summed E-state index contributed by atoms with van der Waals surface area (Å²) in [7, 11) is 0. The molecule has 0 spiro atoms. The average Bonchev–Trinajstić information content (AvgIpc) is 3.14. The molecule has 6 rings (SSSR count). The maximum absolute atomic E-state index is 13.0. The molecule has 6 aliphatic rings. The lowest BCUT2D eigenvalue weighted by atomic mass is 9.78. The molecule has 4 bridgehead atoms. The van der Waals surface area contributed by atoms with Crippen LogP contribution in [-0.2, 0) is 23.9 Å². The standard InChI is InChI=1S/C22H26O7/c23-19(24)15-9-11-1-5-13(6-2-11)17(15)21(27)29-22(28)18-14-7-3-12(4-8-14)10-16(18)20(25)26/h1,3,13-18H,2,4-10H2,(H,23,24)(H,25,26)/t13-,14-,15-,16+,17-,18+/m1/s1. The van der Waals surface area contributed by atoms with Crippen molar-refractivity contribution in [3.8, 4) is 0 Å². The highest BCUT2D eigenvalue weighted by Crippen LogP contribution is 2.45. The first-order valence-corrected chi connectivity index (χ1v) is 10.4. The van der Waals surface area contributed by atoms with Crippen LogP contribution >= 0.6 is 0 Å². The number of rotatable bonds is 4. The molecule has 156 valence electrons. The van der Waals surface area contributed by atoms with Gasteiger partial charge in [0.15, 0.2) is 0 Å². The summed E-state index contributed by atoms with van der Waals surface area (Å²) in [6.45, 7) is 0. The zero-order chi connectivity index (χ0) is 20.7. The van der Waals surface area contributed by atoms with Crippen LogP contribution in [0.5, 0.6) is 0 Å². The molecule has 0 saturated heterocycles. The molecule has 0 radical (unpaired) electrons. The predicted molar refractivity (Wildman–Crippen MR) is 100 cm³/mol. The Morgan fingerprint density at radius 3 is 1.48 bits per heavy atom. The van der Waals surface area contributed by atoms with Crippen LogP contribution in [0.25, 0.3) is 0 Å². The van der Waals surface area contributed by atoms with Crippen molar-refractivity contribution in [2.45, 2.75) is 51.4 Å². The molecule has 2 N–H and O–H groups in total. The zero-order valence-corrected chi connectivity index (χ0v) is 16.2. The maximum Gasteiger partial charge on any atom is 0.317 e. The molecule has 7 nitrogen and oxygen atoms in total. The number of hydrogen-bond acceptors (Lipinski definition) is 5. The fraction of sp³-hybridized carbons (Fsp3) is 0.636. The lowest BCUT2D eigenvalue weighted by Gasteiger charge is -2.29. The van der Waals surface area contributed by atoms with Gasteiger partial charge in [-0.1, -0.05) is 23.3 Å². The normalized spacial score (nSPS) is 35.7. The maximum atomic E-state index is 13.0. The molecule has 0 amide bonds. The fourth-order valence-corrected chi connectivity index (χ4v) is 5.75. The highest BCUT2D eigenvalue weighted by Gasteiger charge is 2.48. The summed E-state index contributed by atoms with van der Waals surface area (Å²) < 4.78 is 5.25. The largest absolute Gasteiger partial charge is 0.481 e. The second-order valence-electron chi connectivity index (χ2n) is 8.88. The molecule has 6 aliphatic carbocycles.